The zero-order valence-electron chi connectivity index (χ0n) is 21.1. The summed E-state index contributed by atoms with van der Waals surface area (Å²) in [6.07, 6.45) is -1.26. The molecule has 1 unspecified atom stereocenters. The third-order valence-corrected chi connectivity index (χ3v) is 6.10. The number of ketones is 1. The maximum absolute atomic E-state index is 13.3. The van der Waals surface area contributed by atoms with Crippen LogP contribution in [0.3, 0.4) is 0 Å². The summed E-state index contributed by atoms with van der Waals surface area (Å²) in [5.74, 6) is -2.46. The number of fused-ring (bicyclic) bond motifs is 2. The number of esters is 2. The first kappa shape index (κ1) is 26.6. The summed E-state index contributed by atoms with van der Waals surface area (Å²) in [5, 5.41) is 32.1. The van der Waals surface area contributed by atoms with E-state index < -0.39 is 30.4 Å². The number of ether oxygens (including phenoxy) is 2. The molecule has 1 atom stereocenters. The number of Topliss-reactive ketones (excluding diaryl/α,β-unsaturated/α-hetero) is 1. The number of carbonyl (C=O) groups excluding carboxylic acids is 3. The normalized spacial score (nSPS) is 13.6. The Labute approximate surface area is 218 Å². The molecule has 1 aromatic heterocycles. The van der Waals surface area contributed by atoms with Crippen molar-refractivity contribution in [3.05, 3.63) is 82.6 Å². The fourth-order valence-corrected chi connectivity index (χ4v) is 3.99. The van der Waals surface area contributed by atoms with Crippen molar-refractivity contribution in [1.82, 2.24) is 4.98 Å². The number of hydrogen-bond acceptors (Lipinski definition) is 9. The second kappa shape index (κ2) is 10.5. The number of benzene rings is 2. The highest BCUT2D eigenvalue weighted by Gasteiger charge is 2.34. The van der Waals surface area contributed by atoms with Gasteiger partial charge in [0.2, 0.25) is 0 Å². The highest BCUT2D eigenvalue weighted by atomic mass is 16.6. The first-order chi connectivity index (χ1) is 18.0. The van der Waals surface area contributed by atoms with Gasteiger partial charge in [0.05, 0.1) is 16.7 Å². The average molecular weight is 518 g/mol. The van der Waals surface area contributed by atoms with Crippen molar-refractivity contribution in [3.63, 3.8) is 0 Å². The largest absolute Gasteiger partial charge is 0.506 e. The minimum atomic E-state index is -1.26. The molecule has 0 saturated carbocycles. The zero-order chi connectivity index (χ0) is 27.7. The van der Waals surface area contributed by atoms with Gasteiger partial charge in [-0.25, -0.2) is 14.6 Å². The van der Waals surface area contributed by atoms with Crippen LogP contribution in [0.15, 0.2) is 54.6 Å². The van der Waals surface area contributed by atoms with E-state index in [1.165, 1.54) is 31.2 Å². The molecule has 0 bridgehead atoms. The molecule has 1 heterocycles. The van der Waals surface area contributed by atoms with Gasteiger partial charge in [0.1, 0.15) is 36.5 Å². The maximum Gasteiger partial charge on any atom is 0.338 e. The van der Waals surface area contributed by atoms with Crippen LogP contribution in [-0.2, 0) is 14.3 Å². The number of aromatic hydroxyl groups is 1. The summed E-state index contributed by atoms with van der Waals surface area (Å²) in [7, 11) is 0. The van der Waals surface area contributed by atoms with Gasteiger partial charge in [0, 0.05) is 22.1 Å². The van der Waals surface area contributed by atoms with Crippen molar-refractivity contribution in [2.24, 2.45) is 0 Å². The molecule has 2 aromatic carbocycles. The molecule has 0 radical (unpaired) electrons. The number of pyridine rings is 1. The third-order valence-electron chi connectivity index (χ3n) is 6.10. The van der Waals surface area contributed by atoms with Gasteiger partial charge < -0.3 is 24.8 Å². The molecule has 0 fully saturated rings. The Kier molecular flexibility index (Phi) is 7.32. The number of carbonyl (C=O) groups is 3. The van der Waals surface area contributed by atoms with Crippen LogP contribution in [0.25, 0.3) is 22.2 Å². The van der Waals surface area contributed by atoms with Crippen molar-refractivity contribution in [2.45, 2.75) is 32.8 Å². The van der Waals surface area contributed by atoms with Crippen molar-refractivity contribution < 1.29 is 39.2 Å². The van der Waals surface area contributed by atoms with E-state index >= 15 is 0 Å². The second-order valence-electron chi connectivity index (χ2n) is 9.41. The smallest absolute Gasteiger partial charge is 0.338 e. The summed E-state index contributed by atoms with van der Waals surface area (Å²) >= 11 is 0. The first-order valence-electron chi connectivity index (χ1n) is 11.9. The van der Waals surface area contributed by atoms with Crippen molar-refractivity contribution in [2.75, 3.05) is 13.2 Å². The van der Waals surface area contributed by atoms with E-state index in [9.17, 15) is 29.7 Å². The summed E-state index contributed by atoms with van der Waals surface area (Å²) < 4.78 is 9.88. The Morgan fingerprint density at radius 1 is 1.00 bits per heavy atom. The molecule has 9 heteroatoms. The molecule has 0 spiro atoms. The lowest BCUT2D eigenvalue weighted by molar-refractivity contribution is -0.142. The summed E-state index contributed by atoms with van der Waals surface area (Å²) in [5.41, 5.74) is 1.78. The van der Waals surface area contributed by atoms with Gasteiger partial charge in [0.25, 0.3) is 0 Å². The van der Waals surface area contributed by atoms with Gasteiger partial charge in [-0.1, -0.05) is 26.5 Å². The highest BCUT2D eigenvalue weighted by Crippen LogP contribution is 2.40. The molecule has 1 aliphatic carbocycles. The minimum absolute atomic E-state index is 0.00851. The van der Waals surface area contributed by atoms with Crippen molar-refractivity contribution >= 4 is 40.0 Å². The minimum Gasteiger partial charge on any atom is -0.506 e. The van der Waals surface area contributed by atoms with E-state index in [1.54, 1.807) is 6.07 Å². The number of aromatic nitrogens is 1. The van der Waals surface area contributed by atoms with Gasteiger partial charge in [0.15, 0.2) is 5.78 Å². The van der Waals surface area contributed by atoms with E-state index in [4.69, 9.17) is 9.47 Å². The number of nitrogens with zero attached hydrogens (tertiary/aromatic N) is 1. The summed E-state index contributed by atoms with van der Waals surface area (Å²) in [6, 6.07) is 11.1. The van der Waals surface area contributed by atoms with E-state index in [2.05, 4.69) is 11.6 Å². The fraction of sp³-hybridized carbons (Fsp3) is 0.241. The van der Waals surface area contributed by atoms with E-state index in [-0.39, 0.29) is 57.6 Å². The first-order valence-corrected chi connectivity index (χ1v) is 11.9. The van der Waals surface area contributed by atoms with Crippen LogP contribution >= 0.6 is 0 Å². The van der Waals surface area contributed by atoms with Crippen molar-refractivity contribution in [3.8, 4) is 5.75 Å². The van der Waals surface area contributed by atoms with Crippen LogP contribution in [0.4, 0.5) is 0 Å². The van der Waals surface area contributed by atoms with Crippen LogP contribution in [0, 0.1) is 0 Å². The molecule has 0 amide bonds. The third kappa shape index (κ3) is 5.14. The molecule has 3 N–H and O–H groups in total. The number of rotatable bonds is 8. The Hall–Kier alpha value is -4.50. The van der Waals surface area contributed by atoms with Gasteiger partial charge >= 0.3 is 11.9 Å². The predicted molar refractivity (Wildman–Crippen MR) is 140 cm³/mol. The van der Waals surface area contributed by atoms with Crippen LogP contribution in [-0.4, -0.2) is 57.3 Å². The SMILES string of the molecule is C=C(C)C(=O)OCC(O)COC(=O)c1ccc2c(c1)C(=O)C(c1nc3ccc(C(C)C)cc3cc1O)=C2O. The topological polar surface area (TPSA) is 143 Å². The Morgan fingerprint density at radius 2 is 1.71 bits per heavy atom. The molecule has 0 aliphatic heterocycles. The monoisotopic (exact) mass is 517 g/mol. The molecule has 3 aromatic rings. The zero-order valence-corrected chi connectivity index (χ0v) is 21.1. The second-order valence-corrected chi connectivity index (χ2v) is 9.41. The molecule has 1 aliphatic rings. The number of aliphatic hydroxyl groups is 2. The highest BCUT2D eigenvalue weighted by molar-refractivity contribution is 6.39. The quantitative estimate of drug-likeness (QED) is 0.294. The van der Waals surface area contributed by atoms with Crippen LogP contribution < -0.4 is 0 Å². The molecule has 0 saturated heterocycles. The van der Waals surface area contributed by atoms with Gasteiger partial charge in [-0.05, 0) is 54.8 Å². The molecule has 38 heavy (non-hydrogen) atoms. The van der Waals surface area contributed by atoms with Gasteiger partial charge in [-0.2, -0.15) is 0 Å². The Balaban J connectivity index is 1.53. The fourth-order valence-electron chi connectivity index (χ4n) is 3.99. The van der Waals surface area contributed by atoms with Crippen LogP contribution in [0.1, 0.15) is 64.2 Å². The number of allylic oxidation sites excluding steroid dienone is 1. The standard InChI is InChI=1S/C29H27NO8/c1-14(2)16-6-8-22-18(9-16)11-23(32)25(30-22)24-26(33)20-7-5-17(10-21(20)27(24)34)29(36)38-13-19(31)12-37-28(35)15(3)4/h5-11,14,19,31-33H,3,12-13H2,1-2,4H3. The molecule has 196 valence electrons. The van der Waals surface area contributed by atoms with E-state index in [1.807, 2.05) is 26.0 Å². The van der Waals surface area contributed by atoms with Crippen LogP contribution in [0.2, 0.25) is 0 Å². The average Bonchev–Trinajstić information content (AvgIpc) is 3.13. The van der Waals surface area contributed by atoms with Gasteiger partial charge in [-0.15, -0.1) is 0 Å². The maximum atomic E-state index is 13.3. The van der Waals surface area contributed by atoms with E-state index in [0.29, 0.717) is 10.9 Å². The Bertz CT molecular complexity index is 1520. The molecule has 4 rings (SSSR count). The lowest BCUT2D eigenvalue weighted by Crippen LogP contribution is -2.25. The van der Waals surface area contributed by atoms with Gasteiger partial charge in [-0.3, -0.25) is 4.79 Å². The lowest BCUT2D eigenvalue weighted by atomic mass is 9.99. The van der Waals surface area contributed by atoms with Crippen molar-refractivity contribution in [1.29, 1.82) is 0 Å². The summed E-state index contributed by atoms with van der Waals surface area (Å²) in [4.78, 5) is 41.6. The Morgan fingerprint density at radius 3 is 2.39 bits per heavy atom. The molecule has 9 nitrogen and oxygen atoms in total. The molecular formula is C29H27NO8. The van der Waals surface area contributed by atoms with Crippen LogP contribution in [0.5, 0.6) is 5.75 Å². The molecular weight excluding hydrogens is 490 g/mol. The lowest BCUT2D eigenvalue weighted by Gasteiger charge is -2.12. The number of aliphatic hydroxyl groups excluding tert-OH is 2. The predicted octanol–water partition coefficient (Wildman–Crippen LogP) is 4.32. The summed E-state index contributed by atoms with van der Waals surface area (Å²) in [6.45, 7) is 8.16. The number of hydrogen-bond donors (Lipinski definition) is 3. The van der Waals surface area contributed by atoms with E-state index in [0.717, 1.165) is 5.56 Å².